The van der Waals surface area contributed by atoms with Crippen molar-refractivity contribution in [1.82, 2.24) is 0 Å². The fourth-order valence-corrected chi connectivity index (χ4v) is 7.49. The normalized spacial score (nSPS) is 24.1. The quantitative estimate of drug-likeness (QED) is 0.451. The lowest BCUT2D eigenvalue weighted by Gasteiger charge is -2.46. The first-order chi connectivity index (χ1) is 15.7. The van der Waals surface area contributed by atoms with E-state index in [1.54, 1.807) is 43.5 Å². The molecule has 0 bridgehead atoms. The molecule has 176 valence electrons. The van der Waals surface area contributed by atoms with Gasteiger partial charge in [-0.25, -0.2) is 8.42 Å². The molecule has 0 spiro atoms. The van der Waals surface area contributed by atoms with Crippen LogP contribution in [0.15, 0.2) is 59.5 Å². The van der Waals surface area contributed by atoms with Crippen molar-refractivity contribution >= 4 is 21.7 Å². The molecule has 3 atom stereocenters. The molecule has 1 aliphatic carbocycles. The number of methoxy groups -OCH3 is 2. The molecule has 7 heteroatoms. The van der Waals surface area contributed by atoms with Gasteiger partial charge in [0.05, 0.1) is 36.8 Å². The van der Waals surface area contributed by atoms with Gasteiger partial charge in [0.25, 0.3) is 10.0 Å². The number of sulfonamides is 1. The van der Waals surface area contributed by atoms with E-state index in [2.05, 4.69) is 6.58 Å². The summed E-state index contributed by atoms with van der Waals surface area (Å²) in [7, 11) is -0.994. The highest BCUT2D eigenvalue weighted by atomic mass is 32.2. The van der Waals surface area contributed by atoms with Crippen LogP contribution in [0.4, 0.5) is 5.69 Å². The van der Waals surface area contributed by atoms with Crippen LogP contribution >= 0.6 is 0 Å². The van der Waals surface area contributed by atoms with Crippen molar-refractivity contribution < 1.29 is 22.7 Å². The van der Waals surface area contributed by atoms with Gasteiger partial charge in [-0.05, 0) is 69.0 Å². The predicted molar refractivity (Wildman–Crippen MR) is 128 cm³/mol. The summed E-state index contributed by atoms with van der Waals surface area (Å²) in [4.78, 5) is 13.2. The summed E-state index contributed by atoms with van der Waals surface area (Å²) >= 11 is 0. The molecule has 0 radical (unpaired) electrons. The number of aryl methyl sites for hydroxylation is 1. The third kappa shape index (κ3) is 3.72. The topological polar surface area (TPSA) is 72.9 Å². The van der Waals surface area contributed by atoms with E-state index in [-0.39, 0.29) is 10.9 Å². The standard InChI is InChI=1S/C26H31NO5S/c1-17(2)16-26-14-6-7-21(25(28)32-5)24(26)27(23-13-10-19(31-4)15-22(23)26)33(29,30)20-11-8-18(3)9-12-20/h8-13,15,21,24H,1,6-7,14,16H2,2-5H3/t21-,24+,26-/m1/s1. The molecule has 2 aliphatic rings. The van der Waals surface area contributed by atoms with Crippen LogP contribution in [0.2, 0.25) is 0 Å². The molecule has 33 heavy (non-hydrogen) atoms. The molecular weight excluding hydrogens is 438 g/mol. The Balaban J connectivity index is 2.01. The number of anilines is 1. The van der Waals surface area contributed by atoms with Crippen LogP contribution in [-0.4, -0.2) is 34.6 Å². The smallest absolute Gasteiger partial charge is 0.310 e. The van der Waals surface area contributed by atoms with Crippen LogP contribution in [0.1, 0.15) is 43.7 Å². The largest absolute Gasteiger partial charge is 0.497 e. The molecule has 4 rings (SSSR count). The number of ether oxygens (including phenoxy) is 2. The number of hydrogen-bond donors (Lipinski definition) is 0. The van der Waals surface area contributed by atoms with E-state index in [1.807, 2.05) is 19.9 Å². The van der Waals surface area contributed by atoms with Gasteiger partial charge in [-0.1, -0.05) is 29.7 Å². The number of carbonyl (C=O) groups excluding carboxylic acids is 1. The summed E-state index contributed by atoms with van der Waals surface area (Å²) < 4.78 is 40.4. The van der Waals surface area contributed by atoms with Crippen LogP contribution in [0, 0.1) is 12.8 Å². The van der Waals surface area contributed by atoms with Crippen LogP contribution in [0.5, 0.6) is 5.75 Å². The molecule has 2 aromatic rings. The molecule has 0 amide bonds. The average Bonchev–Trinajstić information content (AvgIpc) is 3.08. The van der Waals surface area contributed by atoms with Gasteiger partial charge in [-0.3, -0.25) is 9.10 Å². The Morgan fingerprint density at radius 2 is 1.88 bits per heavy atom. The predicted octanol–water partition coefficient (Wildman–Crippen LogP) is 4.76. The molecule has 6 nitrogen and oxygen atoms in total. The van der Waals surface area contributed by atoms with Crippen molar-refractivity contribution in [2.24, 2.45) is 5.92 Å². The second-order valence-corrected chi connectivity index (χ2v) is 11.1. The second kappa shape index (κ2) is 8.52. The van der Waals surface area contributed by atoms with Gasteiger partial charge in [0.1, 0.15) is 5.75 Å². The SMILES string of the molecule is C=C(C)C[C@@]12CCC[C@@H](C(=O)OC)[C@@H]1N(S(=O)(=O)c1ccc(C)cc1)c1ccc(OC)cc12. The van der Waals surface area contributed by atoms with Crippen LogP contribution in [0.25, 0.3) is 0 Å². The molecule has 0 N–H and O–H groups in total. The number of nitrogens with zero attached hydrogens (tertiary/aromatic N) is 1. The van der Waals surface area contributed by atoms with Crippen LogP contribution in [0.3, 0.4) is 0 Å². The summed E-state index contributed by atoms with van der Waals surface area (Å²) in [5.74, 6) is -0.306. The van der Waals surface area contributed by atoms with Gasteiger partial charge in [0.2, 0.25) is 0 Å². The summed E-state index contributed by atoms with van der Waals surface area (Å²) in [6, 6.07) is 11.7. The number of fused-ring (bicyclic) bond motifs is 3. The molecule has 0 saturated heterocycles. The van der Waals surface area contributed by atoms with Gasteiger partial charge in [-0.15, -0.1) is 6.58 Å². The second-order valence-electron chi connectivity index (χ2n) is 9.25. The highest BCUT2D eigenvalue weighted by molar-refractivity contribution is 7.92. The fourth-order valence-electron chi connectivity index (χ4n) is 5.72. The van der Waals surface area contributed by atoms with E-state index in [4.69, 9.17) is 9.47 Å². The molecule has 1 aliphatic heterocycles. The molecule has 0 aromatic heterocycles. The van der Waals surface area contributed by atoms with Crippen molar-refractivity contribution in [3.63, 3.8) is 0 Å². The third-order valence-corrected chi connectivity index (χ3v) is 8.82. The Kier molecular flexibility index (Phi) is 6.03. The van der Waals surface area contributed by atoms with E-state index >= 15 is 0 Å². The van der Waals surface area contributed by atoms with Crippen molar-refractivity contribution in [3.8, 4) is 5.75 Å². The van der Waals surface area contributed by atoms with Crippen LogP contribution in [-0.2, 0) is 25.0 Å². The van der Waals surface area contributed by atoms with Gasteiger partial charge >= 0.3 is 5.97 Å². The van der Waals surface area contributed by atoms with E-state index in [0.717, 1.165) is 29.5 Å². The highest BCUT2D eigenvalue weighted by Gasteiger charge is 2.60. The van der Waals surface area contributed by atoms with E-state index < -0.39 is 27.4 Å². The number of benzene rings is 2. The minimum atomic E-state index is -3.95. The number of hydrogen-bond acceptors (Lipinski definition) is 5. The molecule has 1 heterocycles. The first kappa shape index (κ1) is 23.4. The Bertz CT molecular complexity index is 1190. The minimum Gasteiger partial charge on any atom is -0.497 e. The monoisotopic (exact) mass is 469 g/mol. The maximum atomic E-state index is 14.1. The van der Waals surface area contributed by atoms with Crippen molar-refractivity contribution in [2.75, 3.05) is 18.5 Å². The Labute approximate surface area is 196 Å². The maximum absolute atomic E-state index is 14.1. The van der Waals surface area contributed by atoms with E-state index in [1.165, 1.54) is 11.4 Å². The van der Waals surface area contributed by atoms with Crippen LogP contribution < -0.4 is 9.04 Å². The number of allylic oxidation sites excluding steroid dienone is 1. The van der Waals surface area contributed by atoms with Gasteiger partial charge in [0.15, 0.2) is 0 Å². The molecule has 0 unspecified atom stereocenters. The van der Waals surface area contributed by atoms with E-state index in [9.17, 15) is 13.2 Å². The maximum Gasteiger partial charge on any atom is 0.310 e. The number of rotatable bonds is 6. The Hall–Kier alpha value is -2.80. The Morgan fingerprint density at radius 3 is 2.48 bits per heavy atom. The number of esters is 1. The lowest BCUT2D eigenvalue weighted by Crippen LogP contribution is -2.56. The van der Waals surface area contributed by atoms with Gasteiger partial charge in [-0.2, -0.15) is 0 Å². The first-order valence-electron chi connectivity index (χ1n) is 11.2. The zero-order valence-corrected chi connectivity index (χ0v) is 20.4. The van der Waals surface area contributed by atoms with Crippen molar-refractivity contribution in [1.29, 1.82) is 0 Å². The summed E-state index contributed by atoms with van der Waals surface area (Å²) in [5.41, 5.74) is 2.80. The lowest BCUT2D eigenvalue weighted by atomic mass is 9.61. The van der Waals surface area contributed by atoms with E-state index in [0.29, 0.717) is 24.3 Å². The fraction of sp³-hybridized carbons (Fsp3) is 0.423. The molecular formula is C26H31NO5S. The summed E-state index contributed by atoms with van der Waals surface area (Å²) in [5, 5.41) is 0. The van der Waals surface area contributed by atoms with Gasteiger partial charge < -0.3 is 9.47 Å². The van der Waals surface area contributed by atoms with Crippen molar-refractivity contribution in [3.05, 3.63) is 65.7 Å². The number of carbonyl (C=O) groups is 1. The zero-order chi connectivity index (χ0) is 24.0. The third-order valence-electron chi connectivity index (χ3n) is 7.01. The molecule has 1 fully saturated rings. The lowest BCUT2D eigenvalue weighted by molar-refractivity contribution is -0.148. The van der Waals surface area contributed by atoms with Crippen molar-refractivity contribution in [2.45, 2.75) is 55.9 Å². The minimum absolute atomic E-state index is 0.204. The zero-order valence-electron chi connectivity index (χ0n) is 19.6. The highest BCUT2D eigenvalue weighted by Crippen LogP contribution is 2.58. The summed E-state index contributed by atoms with van der Waals surface area (Å²) in [6.45, 7) is 8.02. The Morgan fingerprint density at radius 1 is 1.18 bits per heavy atom. The molecule has 2 aromatic carbocycles. The molecule has 1 saturated carbocycles. The van der Waals surface area contributed by atoms with Gasteiger partial charge in [0, 0.05) is 5.41 Å². The average molecular weight is 470 g/mol. The first-order valence-corrected chi connectivity index (χ1v) is 12.6. The summed E-state index contributed by atoms with van der Waals surface area (Å²) in [6.07, 6.45) is 2.68.